The zero-order chi connectivity index (χ0) is 13.4. The van der Waals surface area contributed by atoms with Crippen molar-refractivity contribution in [3.05, 3.63) is 23.8 Å². The average molecular weight is 259 g/mol. The van der Waals surface area contributed by atoms with Crippen molar-refractivity contribution >= 4 is 17.3 Å². The lowest BCUT2D eigenvalue weighted by atomic mass is 10.1. The molecule has 19 heavy (non-hydrogen) atoms. The third-order valence-electron chi connectivity index (χ3n) is 3.95. The number of hydrogen-bond acceptors (Lipinski definition) is 3. The van der Waals surface area contributed by atoms with Gasteiger partial charge in [0.2, 0.25) is 5.91 Å². The van der Waals surface area contributed by atoms with Crippen LogP contribution in [0.3, 0.4) is 0 Å². The van der Waals surface area contributed by atoms with Crippen LogP contribution in [0.2, 0.25) is 0 Å². The summed E-state index contributed by atoms with van der Waals surface area (Å²) in [7, 11) is 0. The smallest absolute Gasteiger partial charge is 0.245 e. The van der Waals surface area contributed by atoms with Crippen molar-refractivity contribution in [1.82, 2.24) is 0 Å². The van der Waals surface area contributed by atoms with Gasteiger partial charge in [-0.15, -0.1) is 0 Å². The van der Waals surface area contributed by atoms with Crippen LogP contribution in [-0.4, -0.2) is 19.0 Å². The van der Waals surface area contributed by atoms with Gasteiger partial charge in [0.15, 0.2) is 0 Å². The minimum Gasteiger partial charge on any atom is -0.371 e. The standard InChI is InChI=1S/C15H21N3O/c1-2-7-18(9-10-3-4-10)11-5-6-12-13(8-11)17-15(19)14(12)16/h5-6,8,10,14H,2-4,7,9,16H2,1H3,(H,17,19). The number of rotatable bonds is 5. The molecule has 3 rings (SSSR count). The monoisotopic (exact) mass is 259 g/mol. The molecule has 1 atom stereocenters. The van der Waals surface area contributed by atoms with E-state index in [0.29, 0.717) is 0 Å². The number of anilines is 2. The third kappa shape index (κ3) is 2.45. The molecule has 0 spiro atoms. The van der Waals surface area contributed by atoms with Gasteiger partial charge >= 0.3 is 0 Å². The van der Waals surface area contributed by atoms with E-state index in [1.165, 1.54) is 18.5 Å². The molecule has 4 nitrogen and oxygen atoms in total. The van der Waals surface area contributed by atoms with E-state index in [9.17, 15) is 4.79 Å². The summed E-state index contributed by atoms with van der Waals surface area (Å²) in [6, 6.07) is 5.64. The van der Waals surface area contributed by atoms with Crippen LogP contribution >= 0.6 is 0 Å². The van der Waals surface area contributed by atoms with Gasteiger partial charge in [0.05, 0.1) is 0 Å². The minimum atomic E-state index is -0.507. The Hall–Kier alpha value is -1.55. The van der Waals surface area contributed by atoms with Crippen LogP contribution in [0.15, 0.2) is 18.2 Å². The highest BCUT2D eigenvalue weighted by molar-refractivity contribution is 6.02. The summed E-state index contributed by atoms with van der Waals surface area (Å²) in [6.07, 6.45) is 3.84. The molecule has 2 aliphatic rings. The molecule has 1 unspecified atom stereocenters. The van der Waals surface area contributed by atoms with Gasteiger partial charge in [0.1, 0.15) is 6.04 Å². The van der Waals surface area contributed by atoms with Crippen LogP contribution < -0.4 is 16.0 Å². The molecule has 1 aromatic rings. The van der Waals surface area contributed by atoms with Crippen LogP contribution in [0.4, 0.5) is 11.4 Å². The number of fused-ring (bicyclic) bond motifs is 1. The van der Waals surface area contributed by atoms with Gasteiger partial charge in [-0.3, -0.25) is 4.79 Å². The quantitative estimate of drug-likeness (QED) is 0.852. The molecular formula is C15H21N3O. The fourth-order valence-electron chi connectivity index (χ4n) is 2.68. The molecule has 0 aromatic heterocycles. The van der Waals surface area contributed by atoms with Crippen molar-refractivity contribution in [3.8, 4) is 0 Å². The fourth-order valence-corrected chi connectivity index (χ4v) is 2.68. The summed E-state index contributed by atoms with van der Waals surface area (Å²) >= 11 is 0. The van der Waals surface area contributed by atoms with E-state index in [2.05, 4.69) is 29.3 Å². The number of amides is 1. The van der Waals surface area contributed by atoms with E-state index >= 15 is 0 Å². The number of benzene rings is 1. The predicted molar refractivity (Wildman–Crippen MR) is 77.2 cm³/mol. The molecule has 1 fully saturated rings. The summed E-state index contributed by atoms with van der Waals surface area (Å²) in [5.74, 6) is 0.757. The van der Waals surface area contributed by atoms with E-state index in [0.717, 1.165) is 36.7 Å². The molecule has 3 N–H and O–H groups in total. The van der Waals surface area contributed by atoms with Crippen molar-refractivity contribution in [2.45, 2.75) is 32.2 Å². The van der Waals surface area contributed by atoms with Crippen molar-refractivity contribution in [3.63, 3.8) is 0 Å². The Kier molecular flexibility index (Phi) is 3.19. The second kappa shape index (κ2) is 4.85. The highest BCUT2D eigenvalue weighted by Gasteiger charge is 2.28. The SMILES string of the molecule is CCCN(CC1CC1)c1ccc2c(c1)NC(=O)C2N. The lowest BCUT2D eigenvalue weighted by molar-refractivity contribution is -0.116. The van der Waals surface area contributed by atoms with Gasteiger partial charge in [0, 0.05) is 30.0 Å². The normalized spacial score (nSPS) is 21.2. The summed E-state index contributed by atoms with van der Waals surface area (Å²) in [6.45, 7) is 4.40. The van der Waals surface area contributed by atoms with Crippen LogP contribution in [0, 0.1) is 5.92 Å². The lowest BCUT2D eigenvalue weighted by Crippen LogP contribution is -2.26. The molecule has 1 aromatic carbocycles. The number of carbonyl (C=O) groups excluding carboxylic acids is 1. The summed E-state index contributed by atoms with van der Waals surface area (Å²) in [5.41, 5.74) is 8.83. The molecule has 1 aliphatic carbocycles. The van der Waals surface area contributed by atoms with E-state index in [-0.39, 0.29) is 5.91 Å². The first-order chi connectivity index (χ1) is 9.19. The molecule has 1 aliphatic heterocycles. The van der Waals surface area contributed by atoms with Crippen LogP contribution in [0.1, 0.15) is 37.8 Å². The van der Waals surface area contributed by atoms with Crippen molar-refractivity contribution in [2.24, 2.45) is 11.7 Å². The topological polar surface area (TPSA) is 58.4 Å². The molecule has 1 amide bonds. The molecule has 4 heteroatoms. The lowest BCUT2D eigenvalue weighted by Gasteiger charge is -2.25. The van der Waals surface area contributed by atoms with Gasteiger partial charge in [-0.25, -0.2) is 0 Å². The van der Waals surface area contributed by atoms with Gasteiger partial charge in [-0.1, -0.05) is 13.0 Å². The molecular weight excluding hydrogens is 238 g/mol. The number of hydrogen-bond donors (Lipinski definition) is 2. The maximum absolute atomic E-state index is 11.6. The average Bonchev–Trinajstić information content (AvgIpc) is 3.16. The third-order valence-corrected chi connectivity index (χ3v) is 3.95. The number of carbonyl (C=O) groups is 1. The van der Waals surface area contributed by atoms with Gasteiger partial charge in [0.25, 0.3) is 0 Å². The second-order valence-electron chi connectivity index (χ2n) is 5.63. The van der Waals surface area contributed by atoms with Crippen LogP contribution in [-0.2, 0) is 4.79 Å². The summed E-state index contributed by atoms with van der Waals surface area (Å²) in [5, 5.41) is 2.86. The Balaban J connectivity index is 1.83. The Morgan fingerprint density at radius 3 is 2.89 bits per heavy atom. The second-order valence-corrected chi connectivity index (χ2v) is 5.63. The van der Waals surface area contributed by atoms with Gasteiger partial charge in [-0.2, -0.15) is 0 Å². The first-order valence-corrected chi connectivity index (χ1v) is 7.14. The summed E-state index contributed by atoms with van der Waals surface area (Å²) in [4.78, 5) is 14.0. The maximum Gasteiger partial charge on any atom is 0.245 e. The molecule has 0 bridgehead atoms. The number of nitrogens with two attached hydrogens (primary N) is 1. The molecule has 1 saturated carbocycles. The number of nitrogens with zero attached hydrogens (tertiary/aromatic N) is 1. The van der Waals surface area contributed by atoms with E-state index in [4.69, 9.17) is 5.73 Å². The summed E-state index contributed by atoms with van der Waals surface area (Å²) < 4.78 is 0. The maximum atomic E-state index is 11.6. The van der Waals surface area contributed by atoms with Crippen molar-refractivity contribution in [2.75, 3.05) is 23.3 Å². The van der Waals surface area contributed by atoms with E-state index in [1.807, 2.05) is 6.07 Å². The zero-order valence-corrected chi connectivity index (χ0v) is 11.4. The first kappa shape index (κ1) is 12.5. The molecule has 0 saturated heterocycles. The van der Waals surface area contributed by atoms with E-state index in [1.54, 1.807) is 0 Å². The molecule has 0 radical (unpaired) electrons. The molecule has 1 heterocycles. The Morgan fingerprint density at radius 2 is 2.21 bits per heavy atom. The largest absolute Gasteiger partial charge is 0.371 e. The highest BCUT2D eigenvalue weighted by Crippen LogP contribution is 2.35. The fraction of sp³-hybridized carbons (Fsp3) is 0.533. The van der Waals surface area contributed by atoms with Crippen molar-refractivity contribution < 1.29 is 4.79 Å². The van der Waals surface area contributed by atoms with Gasteiger partial charge in [-0.05, 0) is 37.3 Å². The Morgan fingerprint density at radius 1 is 1.42 bits per heavy atom. The zero-order valence-electron chi connectivity index (χ0n) is 11.4. The van der Waals surface area contributed by atoms with Crippen LogP contribution in [0.25, 0.3) is 0 Å². The first-order valence-electron chi connectivity index (χ1n) is 7.14. The van der Waals surface area contributed by atoms with Crippen LogP contribution in [0.5, 0.6) is 0 Å². The highest BCUT2D eigenvalue weighted by atomic mass is 16.2. The van der Waals surface area contributed by atoms with Gasteiger partial charge < -0.3 is 16.0 Å². The van der Waals surface area contributed by atoms with Crippen molar-refractivity contribution in [1.29, 1.82) is 0 Å². The van der Waals surface area contributed by atoms with E-state index < -0.39 is 6.04 Å². The Labute approximate surface area is 114 Å². The Bertz CT molecular complexity index is 496. The minimum absolute atomic E-state index is 0.101. The molecule has 102 valence electrons. The number of nitrogens with one attached hydrogen (secondary N) is 1. The predicted octanol–water partition coefficient (Wildman–Crippen LogP) is 2.26.